The molecule has 0 aliphatic rings. The molecular formula is C20H22N3O+. The largest absolute Gasteiger partial charge is 0.443 e. The molecule has 0 saturated heterocycles. The van der Waals surface area contributed by atoms with Crippen LogP contribution in [0, 0.1) is 6.92 Å². The van der Waals surface area contributed by atoms with Gasteiger partial charge in [0.1, 0.15) is 11.1 Å². The molecule has 0 N–H and O–H groups in total. The number of nitrogens with zero attached hydrogens (tertiary/aromatic N) is 3. The zero-order valence-corrected chi connectivity index (χ0v) is 14.8. The number of imidazole rings is 1. The van der Waals surface area contributed by atoms with Crippen molar-refractivity contribution in [1.29, 1.82) is 0 Å². The normalized spacial score (nSPS) is 12.4. The Kier molecular flexibility index (Phi) is 3.07. The molecule has 0 aliphatic carbocycles. The lowest BCUT2D eigenvalue weighted by atomic mass is 10.0. The molecule has 0 spiro atoms. The number of para-hydroxylation sites is 2. The van der Waals surface area contributed by atoms with E-state index in [2.05, 4.69) is 85.3 Å². The second kappa shape index (κ2) is 4.94. The molecule has 0 saturated carbocycles. The molecule has 4 nitrogen and oxygen atoms in total. The van der Waals surface area contributed by atoms with Crippen molar-refractivity contribution < 1.29 is 8.98 Å². The Balaban J connectivity index is 2.15. The van der Waals surface area contributed by atoms with E-state index >= 15 is 0 Å². The minimum atomic E-state index is -0.0403. The first-order valence-electron chi connectivity index (χ1n) is 8.22. The summed E-state index contributed by atoms with van der Waals surface area (Å²) < 4.78 is 10.1. The third-order valence-electron chi connectivity index (χ3n) is 4.60. The van der Waals surface area contributed by atoms with Gasteiger partial charge in [-0.1, -0.05) is 12.1 Å². The highest BCUT2D eigenvalue weighted by Gasteiger charge is 2.32. The van der Waals surface area contributed by atoms with Gasteiger partial charge in [0, 0.05) is 0 Å². The molecule has 4 heteroatoms. The van der Waals surface area contributed by atoms with Crippen LogP contribution in [0.2, 0.25) is 0 Å². The van der Waals surface area contributed by atoms with Gasteiger partial charge in [-0.25, -0.2) is 14.1 Å². The average Bonchev–Trinajstić information content (AvgIpc) is 3.08. The molecule has 0 atom stereocenters. The fraction of sp³-hybridized carbons (Fsp3) is 0.300. The lowest BCUT2D eigenvalue weighted by molar-refractivity contribution is -0.634. The molecule has 0 unspecified atom stereocenters. The van der Waals surface area contributed by atoms with Crippen LogP contribution in [0.5, 0.6) is 0 Å². The third kappa shape index (κ3) is 2.06. The number of aromatic nitrogens is 3. The molecule has 0 aliphatic heterocycles. The van der Waals surface area contributed by atoms with Crippen LogP contribution in [0.1, 0.15) is 26.3 Å². The van der Waals surface area contributed by atoms with Gasteiger partial charge in [0.05, 0.1) is 12.6 Å². The number of hydrogen-bond donors (Lipinski definition) is 0. The highest BCUT2D eigenvalue weighted by molar-refractivity contribution is 5.83. The predicted molar refractivity (Wildman–Crippen MR) is 95.9 cm³/mol. The van der Waals surface area contributed by atoms with Gasteiger partial charge in [0.2, 0.25) is 0 Å². The van der Waals surface area contributed by atoms with Crippen molar-refractivity contribution in [2.45, 2.75) is 33.2 Å². The SMILES string of the molecule is Cc1cc2ocnc2cc1-c1n(C(C)(C)C)c2ccccc2[n+]1C. The van der Waals surface area contributed by atoms with Crippen molar-refractivity contribution in [3.8, 4) is 11.4 Å². The number of oxazole rings is 1. The number of hydrogen-bond acceptors (Lipinski definition) is 2. The Morgan fingerprint density at radius 3 is 2.62 bits per heavy atom. The topological polar surface area (TPSA) is 34.8 Å². The summed E-state index contributed by atoms with van der Waals surface area (Å²) in [5, 5.41) is 0. The van der Waals surface area contributed by atoms with Gasteiger partial charge in [-0.3, -0.25) is 0 Å². The molecule has 0 fully saturated rings. The van der Waals surface area contributed by atoms with Crippen LogP contribution < -0.4 is 4.57 Å². The van der Waals surface area contributed by atoms with Crippen LogP contribution in [0.15, 0.2) is 47.2 Å². The van der Waals surface area contributed by atoms with Gasteiger partial charge in [0.15, 0.2) is 23.0 Å². The van der Waals surface area contributed by atoms with Crippen molar-refractivity contribution in [2.75, 3.05) is 0 Å². The Morgan fingerprint density at radius 2 is 1.88 bits per heavy atom. The fourth-order valence-electron chi connectivity index (χ4n) is 3.54. The maximum atomic E-state index is 5.45. The van der Waals surface area contributed by atoms with Crippen LogP contribution in [0.25, 0.3) is 33.5 Å². The Bertz CT molecular complexity index is 1060. The van der Waals surface area contributed by atoms with Crippen molar-refractivity contribution in [3.63, 3.8) is 0 Å². The number of rotatable bonds is 1. The van der Waals surface area contributed by atoms with E-state index in [1.54, 1.807) is 0 Å². The first-order chi connectivity index (χ1) is 11.4. The first kappa shape index (κ1) is 14.9. The van der Waals surface area contributed by atoms with E-state index in [0.717, 1.165) is 11.1 Å². The van der Waals surface area contributed by atoms with Crippen molar-refractivity contribution in [3.05, 3.63) is 48.4 Å². The summed E-state index contributed by atoms with van der Waals surface area (Å²) in [6.45, 7) is 8.86. The van der Waals surface area contributed by atoms with E-state index < -0.39 is 0 Å². The summed E-state index contributed by atoms with van der Waals surface area (Å²) in [4.78, 5) is 4.34. The second-order valence-electron chi connectivity index (χ2n) is 7.36. The van der Waals surface area contributed by atoms with Gasteiger partial charge >= 0.3 is 0 Å². The lowest BCUT2D eigenvalue weighted by Gasteiger charge is -2.18. The summed E-state index contributed by atoms with van der Waals surface area (Å²) in [7, 11) is 2.13. The summed E-state index contributed by atoms with van der Waals surface area (Å²) in [6, 6.07) is 12.8. The minimum absolute atomic E-state index is 0.0403. The number of benzene rings is 2. The van der Waals surface area contributed by atoms with E-state index in [1.807, 2.05) is 0 Å². The summed E-state index contributed by atoms with van der Waals surface area (Å²) in [5.41, 5.74) is 6.51. The van der Waals surface area contributed by atoms with Gasteiger partial charge in [0.25, 0.3) is 5.82 Å². The quantitative estimate of drug-likeness (QED) is 0.489. The lowest BCUT2D eigenvalue weighted by Crippen LogP contribution is -2.33. The Labute approximate surface area is 141 Å². The smallest absolute Gasteiger partial charge is 0.290 e. The Morgan fingerprint density at radius 1 is 1.12 bits per heavy atom. The molecule has 0 radical (unpaired) electrons. The van der Waals surface area contributed by atoms with E-state index in [-0.39, 0.29) is 5.54 Å². The summed E-state index contributed by atoms with van der Waals surface area (Å²) in [5.74, 6) is 1.19. The minimum Gasteiger partial charge on any atom is -0.443 e. The first-order valence-corrected chi connectivity index (χ1v) is 8.22. The van der Waals surface area contributed by atoms with Crippen LogP contribution in [-0.2, 0) is 12.6 Å². The van der Waals surface area contributed by atoms with Gasteiger partial charge in [-0.15, -0.1) is 0 Å². The molecule has 2 aromatic carbocycles. The highest BCUT2D eigenvalue weighted by Crippen LogP contribution is 2.33. The monoisotopic (exact) mass is 320 g/mol. The van der Waals surface area contributed by atoms with Crippen LogP contribution in [0.3, 0.4) is 0 Å². The van der Waals surface area contributed by atoms with Crippen LogP contribution >= 0.6 is 0 Å². The van der Waals surface area contributed by atoms with Gasteiger partial charge in [-0.2, -0.15) is 0 Å². The molecule has 2 aromatic heterocycles. The van der Waals surface area contributed by atoms with Crippen molar-refractivity contribution in [2.24, 2.45) is 7.05 Å². The standard InChI is InChI=1S/C20H22N3O/c1-13-10-18-15(21-12-24-18)11-14(13)19-22(5)16-8-6-7-9-17(16)23(19)20(2,3)4/h6-12H,1-5H3/q+1. The number of aryl methyl sites for hydroxylation is 2. The zero-order valence-electron chi connectivity index (χ0n) is 14.8. The highest BCUT2D eigenvalue weighted by atomic mass is 16.3. The van der Waals surface area contributed by atoms with Crippen LogP contribution in [0.4, 0.5) is 0 Å². The van der Waals surface area contributed by atoms with Gasteiger partial charge < -0.3 is 4.42 Å². The predicted octanol–water partition coefficient (Wildman–Crippen LogP) is 4.34. The Hall–Kier alpha value is -2.62. The third-order valence-corrected chi connectivity index (χ3v) is 4.60. The molecule has 24 heavy (non-hydrogen) atoms. The second-order valence-corrected chi connectivity index (χ2v) is 7.36. The molecule has 0 bridgehead atoms. The van der Waals surface area contributed by atoms with E-state index in [1.165, 1.54) is 34.4 Å². The molecule has 4 aromatic rings. The van der Waals surface area contributed by atoms with E-state index in [0.29, 0.717) is 0 Å². The molecular weight excluding hydrogens is 298 g/mol. The maximum absolute atomic E-state index is 5.45. The van der Waals surface area contributed by atoms with E-state index in [9.17, 15) is 0 Å². The molecule has 2 heterocycles. The van der Waals surface area contributed by atoms with Crippen molar-refractivity contribution >= 4 is 22.1 Å². The summed E-state index contributed by atoms with van der Waals surface area (Å²) in [6.07, 6.45) is 1.51. The van der Waals surface area contributed by atoms with Crippen molar-refractivity contribution in [1.82, 2.24) is 9.55 Å². The zero-order chi connectivity index (χ0) is 17.1. The van der Waals surface area contributed by atoms with Crippen LogP contribution in [-0.4, -0.2) is 9.55 Å². The molecule has 122 valence electrons. The molecule has 0 amide bonds. The van der Waals surface area contributed by atoms with E-state index in [4.69, 9.17) is 4.42 Å². The maximum Gasteiger partial charge on any atom is 0.290 e. The average molecular weight is 320 g/mol. The summed E-state index contributed by atoms with van der Waals surface area (Å²) >= 11 is 0. The molecule has 4 rings (SSSR count). The fourth-order valence-corrected chi connectivity index (χ4v) is 3.54. The van der Waals surface area contributed by atoms with Gasteiger partial charge in [-0.05, 0) is 57.5 Å². The number of fused-ring (bicyclic) bond motifs is 2.